The van der Waals surface area contributed by atoms with Crippen LogP contribution in [-0.4, -0.2) is 15.2 Å². The number of rotatable bonds is 1. The molecule has 0 fully saturated rings. The smallest absolute Gasteiger partial charge is 0.0672 e. The van der Waals surface area contributed by atoms with Crippen LogP contribution in [0.2, 0.25) is 0 Å². The summed E-state index contributed by atoms with van der Waals surface area (Å²) in [5.41, 5.74) is 4.38. The number of H-pyrrole nitrogens is 1. The second kappa shape index (κ2) is 3.01. The maximum Gasteiger partial charge on any atom is 0.0672 e. The van der Waals surface area contributed by atoms with Crippen molar-refractivity contribution in [3.05, 3.63) is 35.9 Å². The minimum atomic E-state index is 1.02. The van der Waals surface area contributed by atoms with Crippen LogP contribution in [0.3, 0.4) is 0 Å². The van der Waals surface area contributed by atoms with Crippen molar-refractivity contribution in [2.45, 2.75) is 13.8 Å². The summed E-state index contributed by atoms with van der Waals surface area (Å²) in [6.07, 6.45) is 3.62. The molecular formula is C10H11N3. The van der Waals surface area contributed by atoms with Crippen LogP contribution in [0.5, 0.6) is 0 Å². The molecule has 0 aliphatic heterocycles. The summed E-state index contributed by atoms with van der Waals surface area (Å²) >= 11 is 0. The lowest BCUT2D eigenvalue weighted by atomic mass is 10.1. The number of aromatic nitrogens is 3. The van der Waals surface area contributed by atoms with E-state index in [2.05, 4.69) is 15.2 Å². The van der Waals surface area contributed by atoms with Gasteiger partial charge in [0.15, 0.2) is 0 Å². The van der Waals surface area contributed by atoms with Gasteiger partial charge in [0.25, 0.3) is 0 Å². The molecule has 0 radical (unpaired) electrons. The third-order valence-corrected chi connectivity index (χ3v) is 2.08. The SMILES string of the molecule is Cc1n[nH]c(C)c1-c1cccnc1. The highest BCUT2D eigenvalue weighted by atomic mass is 15.1. The molecule has 0 aliphatic carbocycles. The van der Waals surface area contributed by atoms with E-state index in [1.54, 1.807) is 6.20 Å². The fourth-order valence-electron chi connectivity index (χ4n) is 1.49. The lowest BCUT2D eigenvalue weighted by Crippen LogP contribution is -1.82. The van der Waals surface area contributed by atoms with Gasteiger partial charge in [0.1, 0.15) is 0 Å². The molecule has 0 saturated carbocycles. The first-order valence-corrected chi connectivity index (χ1v) is 4.21. The first-order valence-electron chi connectivity index (χ1n) is 4.21. The van der Waals surface area contributed by atoms with Gasteiger partial charge in [0.2, 0.25) is 0 Å². The molecule has 0 amide bonds. The van der Waals surface area contributed by atoms with E-state index in [-0.39, 0.29) is 0 Å². The summed E-state index contributed by atoms with van der Waals surface area (Å²) in [4.78, 5) is 4.08. The van der Waals surface area contributed by atoms with Gasteiger partial charge in [-0.3, -0.25) is 10.1 Å². The topological polar surface area (TPSA) is 41.6 Å². The van der Waals surface area contributed by atoms with Crippen LogP contribution >= 0.6 is 0 Å². The normalized spacial score (nSPS) is 10.3. The Morgan fingerprint density at radius 1 is 1.31 bits per heavy atom. The molecule has 0 aromatic carbocycles. The minimum absolute atomic E-state index is 1.02. The standard InChI is InChI=1S/C10H11N3/c1-7-10(8(2)13-12-7)9-4-3-5-11-6-9/h3-6H,1-2H3,(H,12,13). The molecule has 0 unspecified atom stereocenters. The Kier molecular flexibility index (Phi) is 1.85. The van der Waals surface area contributed by atoms with Gasteiger partial charge in [-0.25, -0.2) is 0 Å². The summed E-state index contributed by atoms with van der Waals surface area (Å²) in [6.45, 7) is 4.01. The molecule has 0 saturated heterocycles. The number of aromatic amines is 1. The minimum Gasteiger partial charge on any atom is -0.282 e. The largest absolute Gasteiger partial charge is 0.282 e. The molecule has 2 aromatic rings. The van der Waals surface area contributed by atoms with E-state index in [1.807, 2.05) is 32.2 Å². The number of pyridine rings is 1. The average molecular weight is 173 g/mol. The van der Waals surface area contributed by atoms with Crippen molar-refractivity contribution in [3.8, 4) is 11.1 Å². The van der Waals surface area contributed by atoms with Gasteiger partial charge in [0.05, 0.1) is 5.69 Å². The average Bonchev–Trinajstić information content (AvgIpc) is 2.48. The van der Waals surface area contributed by atoms with Crippen LogP contribution in [0.15, 0.2) is 24.5 Å². The van der Waals surface area contributed by atoms with Gasteiger partial charge in [-0.1, -0.05) is 6.07 Å². The van der Waals surface area contributed by atoms with Gasteiger partial charge in [-0.15, -0.1) is 0 Å². The highest BCUT2D eigenvalue weighted by molar-refractivity contribution is 5.67. The first kappa shape index (κ1) is 7.98. The zero-order chi connectivity index (χ0) is 9.26. The molecule has 66 valence electrons. The van der Waals surface area contributed by atoms with Crippen molar-refractivity contribution >= 4 is 0 Å². The highest BCUT2D eigenvalue weighted by Crippen LogP contribution is 2.23. The molecule has 2 aromatic heterocycles. The number of hydrogen-bond donors (Lipinski definition) is 1. The molecule has 3 heteroatoms. The van der Waals surface area contributed by atoms with Crippen LogP contribution in [0.4, 0.5) is 0 Å². The third kappa shape index (κ3) is 1.33. The molecule has 2 heterocycles. The number of nitrogens with one attached hydrogen (secondary N) is 1. The third-order valence-electron chi connectivity index (χ3n) is 2.08. The monoisotopic (exact) mass is 173 g/mol. The van der Waals surface area contributed by atoms with E-state index < -0.39 is 0 Å². The van der Waals surface area contributed by atoms with Gasteiger partial charge in [-0.2, -0.15) is 5.10 Å². The molecule has 13 heavy (non-hydrogen) atoms. The van der Waals surface area contributed by atoms with Crippen molar-refractivity contribution in [2.75, 3.05) is 0 Å². The van der Waals surface area contributed by atoms with E-state index in [1.165, 1.54) is 0 Å². The summed E-state index contributed by atoms with van der Waals surface area (Å²) in [7, 11) is 0. The Bertz CT molecular complexity index is 384. The lowest BCUT2D eigenvalue weighted by molar-refractivity contribution is 1.02. The maximum absolute atomic E-state index is 4.14. The molecule has 0 bridgehead atoms. The summed E-state index contributed by atoms with van der Waals surface area (Å²) < 4.78 is 0. The van der Waals surface area contributed by atoms with Crippen molar-refractivity contribution < 1.29 is 0 Å². The van der Waals surface area contributed by atoms with Crippen molar-refractivity contribution in [1.29, 1.82) is 0 Å². The fraction of sp³-hybridized carbons (Fsp3) is 0.200. The number of aryl methyl sites for hydroxylation is 2. The second-order valence-electron chi connectivity index (χ2n) is 3.05. The second-order valence-corrected chi connectivity index (χ2v) is 3.05. The first-order chi connectivity index (χ1) is 6.29. The molecule has 0 spiro atoms. The van der Waals surface area contributed by atoms with E-state index in [0.717, 1.165) is 22.5 Å². The van der Waals surface area contributed by atoms with E-state index >= 15 is 0 Å². The van der Waals surface area contributed by atoms with Crippen LogP contribution in [-0.2, 0) is 0 Å². The van der Waals surface area contributed by atoms with Gasteiger partial charge in [-0.05, 0) is 19.9 Å². The van der Waals surface area contributed by atoms with Crippen molar-refractivity contribution in [3.63, 3.8) is 0 Å². The Balaban J connectivity index is 2.59. The van der Waals surface area contributed by atoms with Crippen LogP contribution in [0.25, 0.3) is 11.1 Å². The number of hydrogen-bond acceptors (Lipinski definition) is 2. The van der Waals surface area contributed by atoms with Gasteiger partial charge < -0.3 is 0 Å². The van der Waals surface area contributed by atoms with Crippen LogP contribution in [0, 0.1) is 13.8 Å². The Labute approximate surface area is 76.8 Å². The number of nitrogens with zero attached hydrogens (tertiary/aromatic N) is 2. The van der Waals surface area contributed by atoms with E-state index in [0.29, 0.717) is 0 Å². The molecule has 0 atom stereocenters. The summed E-state index contributed by atoms with van der Waals surface area (Å²) in [5, 5.41) is 7.10. The zero-order valence-electron chi connectivity index (χ0n) is 7.70. The maximum atomic E-state index is 4.14. The molecule has 2 rings (SSSR count). The van der Waals surface area contributed by atoms with Gasteiger partial charge >= 0.3 is 0 Å². The summed E-state index contributed by atoms with van der Waals surface area (Å²) in [5.74, 6) is 0. The lowest BCUT2D eigenvalue weighted by Gasteiger charge is -1.98. The fourth-order valence-corrected chi connectivity index (χ4v) is 1.49. The highest BCUT2D eigenvalue weighted by Gasteiger charge is 2.07. The predicted molar refractivity (Wildman–Crippen MR) is 51.3 cm³/mol. The summed E-state index contributed by atoms with van der Waals surface area (Å²) in [6, 6.07) is 3.97. The molecular weight excluding hydrogens is 162 g/mol. The van der Waals surface area contributed by atoms with Gasteiger partial charge in [0, 0.05) is 29.2 Å². The zero-order valence-corrected chi connectivity index (χ0v) is 7.70. The Morgan fingerprint density at radius 3 is 2.69 bits per heavy atom. The Morgan fingerprint density at radius 2 is 2.15 bits per heavy atom. The molecule has 1 N–H and O–H groups in total. The quantitative estimate of drug-likeness (QED) is 0.717. The molecule has 3 nitrogen and oxygen atoms in total. The van der Waals surface area contributed by atoms with Crippen LogP contribution in [0.1, 0.15) is 11.4 Å². The van der Waals surface area contributed by atoms with E-state index in [9.17, 15) is 0 Å². The predicted octanol–water partition coefficient (Wildman–Crippen LogP) is 2.09. The molecule has 0 aliphatic rings. The van der Waals surface area contributed by atoms with Crippen molar-refractivity contribution in [1.82, 2.24) is 15.2 Å². The van der Waals surface area contributed by atoms with E-state index in [4.69, 9.17) is 0 Å². The van der Waals surface area contributed by atoms with Crippen molar-refractivity contribution in [2.24, 2.45) is 0 Å². The Hall–Kier alpha value is -1.64. The van der Waals surface area contributed by atoms with Crippen LogP contribution < -0.4 is 0 Å².